The Bertz CT molecular complexity index is 734. The summed E-state index contributed by atoms with van der Waals surface area (Å²) < 4.78 is 11.3. The summed E-state index contributed by atoms with van der Waals surface area (Å²) in [5.41, 5.74) is 1.59. The molecule has 0 unspecified atom stereocenters. The van der Waals surface area contributed by atoms with Crippen LogP contribution in [0.15, 0.2) is 34.2 Å². The fraction of sp³-hybridized carbons (Fsp3) is 0.154. The molecule has 0 N–H and O–H groups in total. The number of hydrogen-bond acceptors (Lipinski definition) is 6. The van der Waals surface area contributed by atoms with Crippen LogP contribution in [-0.2, 0) is 0 Å². The van der Waals surface area contributed by atoms with E-state index in [0.29, 0.717) is 17.1 Å². The summed E-state index contributed by atoms with van der Waals surface area (Å²) >= 11 is 1.47. The predicted molar refractivity (Wildman–Crippen MR) is 69.9 cm³/mol. The maximum atomic E-state index is 11.8. The zero-order valence-corrected chi connectivity index (χ0v) is 11.7. The van der Waals surface area contributed by atoms with Gasteiger partial charge in [-0.3, -0.25) is 0 Å². The Morgan fingerprint density at radius 3 is 2.65 bits per heavy atom. The van der Waals surface area contributed by atoms with Crippen molar-refractivity contribution in [2.45, 2.75) is 6.92 Å². The van der Waals surface area contributed by atoms with Gasteiger partial charge in [0.15, 0.2) is 11.6 Å². The number of aryl methyl sites for hydroxylation is 1. The first-order valence-electron chi connectivity index (χ1n) is 5.85. The highest BCUT2D eigenvalue weighted by Crippen LogP contribution is 2.25. The van der Waals surface area contributed by atoms with E-state index < -0.39 is 5.95 Å². The van der Waals surface area contributed by atoms with Crippen molar-refractivity contribution in [2.24, 2.45) is 0 Å². The quantitative estimate of drug-likeness (QED) is 0.682. The third kappa shape index (κ3) is 2.12. The smallest absolute Gasteiger partial charge is 0.289 e. The molecule has 0 spiro atoms. The summed E-state index contributed by atoms with van der Waals surface area (Å²) in [4.78, 5) is 4.31. The van der Waals surface area contributed by atoms with Crippen molar-refractivity contribution < 1.29 is 19.0 Å². The summed E-state index contributed by atoms with van der Waals surface area (Å²) in [5.74, 6) is 0.220. The van der Waals surface area contributed by atoms with Gasteiger partial charge in [-0.25, -0.2) is 4.98 Å². The molecule has 2 aromatic heterocycles. The van der Waals surface area contributed by atoms with E-state index in [-0.39, 0.29) is 0 Å². The SMILES string of the molecule is COc1ccc(-[n+]2noc([O-])c2-c2csc(C)n2)cc1. The van der Waals surface area contributed by atoms with E-state index in [1.807, 2.05) is 12.3 Å². The maximum absolute atomic E-state index is 11.8. The highest BCUT2D eigenvalue weighted by atomic mass is 32.1. The van der Waals surface area contributed by atoms with Crippen molar-refractivity contribution in [1.29, 1.82) is 0 Å². The van der Waals surface area contributed by atoms with Crippen LogP contribution < -0.4 is 14.5 Å². The monoisotopic (exact) mass is 289 g/mol. The minimum absolute atomic E-state index is 0.319. The molecule has 0 aliphatic heterocycles. The average molecular weight is 289 g/mol. The van der Waals surface area contributed by atoms with Gasteiger partial charge in [-0.1, -0.05) is 0 Å². The van der Waals surface area contributed by atoms with Crippen LogP contribution in [0.3, 0.4) is 0 Å². The molecule has 0 bridgehead atoms. The fourth-order valence-corrected chi connectivity index (χ4v) is 2.43. The van der Waals surface area contributed by atoms with E-state index in [2.05, 4.69) is 10.3 Å². The van der Waals surface area contributed by atoms with Gasteiger partial charge in [-0.2, -0.15) is 0 Å². The molecule has 0 fully saturated rings. The van der Waals surface area contributed by atoms with Gasteiger partial charge in [0.1, 0.15) is 5.75 Å². The molecular formula is C13H11N3O3S. The lowest BCUT2D eigenvalue weighted by atomic mass is 10.3. The van der Waals surface area contributed by atoms with E-state index in [4.69, 9.17) is 9.26 Å². The Balaban J connectivity index is 2.10. The van der Waals surface area contributed by atoms with Gasteiger partial charge in [-0.15, -0.1) is 11.3 Å². The predicted octanol–water partition coefficient (Wildman–Crippen LogP) is 1.47. The van der Waals surface area contributed by atoms with E-state index in [1.54, 1.807) is 31.4 Å². The van der Waals surface area contributed by atoms with Gasteiger partial charge < -0.3 is 14.4 Å². The highest BCUT2D eigenvalue weighted by molar-refractivity contribution is 7.09. The molecule has 3 aromatic rings. The van der Waals surface area contributed by atoms with Crippen LogP contribution >= 0.6 is 11.3 Å². The van der Waals surface area contributed by atoms with Crippen LogP contribution in [0.1, 0.15) is 5.01 Å². The molecule has 0 atom stereocenters. The Morgan fingerprint density at radius 2 is 2.05 bits per heavy atom. The lowest BCUT2D eigenvalue weighted by Crippen LogP contribution is -2.34. The molecular weight excluding hydrogens is 278 g/mol. The minimum atomic E-state index is -0.508. The molecule has 6 nitrogen and oxygen atoms in total. The Labute approximate surface area is 118 Å². The minimum Gasteiger partial charge on any atom is -0.539 e. The average Bonchev–Trinajstić information content (AvgIpc) is 3.05. The van der Waals surface area contributed by atoms with Gasteiger partial charge in [-0.05, 0) is 23.7 Å². The normalized spacial score (nSPS) is 10.7. The van der Waals surface area contributed by atoms with Crippen LogP contribution in [0.25, 0.3) is 17.1 Å². The van der Waals surface area contributed by atoms with Gasteiger partial charge in [0.25, 0.3) is 5.69 Å². The topological polar surface area (TPSA) is 75.1 Å². The van der Waals surface area contributed by atoms with E-state index in [0.717, 1.165) is 10.8 Å². The highest BCUT2D eigenvalue weighted by Gasteiger charge is 2.24. The fourth-order valence-electron chi connectivity index (χ4n) is 1.83. The molecule has 0 radical (unpaired) electrons. The van der Waals surface area contributed by atoms with Crippen molar-refractivity contribution in [3.63, 3.8) is 0 Å². The molecule has 0 saturated heterocycles. The summed E-state index contributed by atoms with van der Waals surface area (Å²) in [6.07, 6.45) is 0. The molecule has 20 heavy (non-hydrogen) atoms. The number of ether oxygens (including phenoxy) is 1. The standard InChI is InChI=1S/C13H11N3O3S/c1-8-14-11(7-20-8)12-13(17)19-15-16(12)9-3-5-10(18-2)6-4-9/h3-7H,1-2H3. The molecule has 0 aliphatic carbocycles. The van der Waals surface area contributed by atoms with E-state index in [9.17, 15) is 5.11 Å². The molecule has 0 saturated carbocycles. The maximum Gasteiger partial charge on any atom is 0.289 e. The first-order valence-corrected chi connectivity index (χ1v) is 6.73. The number of thiazole rings is 1. The number of methoxy groups -OCH3 is 1. The second-order valence-corrected chi connectivity index (χ2v) is 5.13. The Hall–Kier alpha value is -2.41. The number of benzene rings is 1. The van der Waals surface area contributed by atoms with Crippen LogP contribution in [0.4, 0.5) is 0 Å². The van der Waals surface area contributed by atoms with Gasteiger partial charge in [0.2, 0.25) is 5.69 Å². The number of nitrogens with zero attached hydrogens (tertiary/aromatic N) is 3. The van der Waals surface area contributed by atoms with Crippen LogP contribution in [0.2, 0.25) is 0 Å². The first kappa shape index (κ1) is 12.6. The van der Waals surface area contributed by atoms with Gasteiger partial charge in [0, 0.05) is 17.5 Å². The zero-order chi connectivity index (χ0) is 14.1. The Kier molecular flexibility index (Phi) is 3.11. The summed E-state index contributed by atoms with van der Waals surface area (Å²) in [5, 5.41) is 18.3. The summed E-state index contributed by atoms with van der Waals surface area (Å²) in [6, 6.07) is 7.17. The van der Waals surface area contributed by atoms with Crippen LogP contribution in [0, 0.1) is 6.92 Å². The number of hydrogen-bond donors (Lipinski definition) is 0. The molecule has 102 valence electrons. The molecule has 1 aromatic carbocycles. The second-order valence-electron chi connectivity index (χ2n) is 4.07. The molecule has 7 heteroatoms. The number of aromatic nitrogens is 3. The lowest BCUT2D eigenvalue weighted by molar-refractivity contribution is -0.660. The van der Waals surface area contributed by atoms with Crippen LogP contribution in [0.5, 0.6) is 11.7 Å². The molecule has 2 heterocycles. The first-order chi connectivity index (χ1) is 9.69. The van der Waals surface area contributed by atoms with Crippen molar-refractivity contribution in [3.8, 4) is 28.8 Å². The van der Waals surface area contributed by atoms with Crippen molar-refractivity contribution >= 4 is 11.3 Å². The third-order valence-corrected chi connectivity index (χ3v) is 3.56. The van der Waals surface area contributed by atoms with Crippen molar-refractivity contribution in [3.05, 3.63) is 34.7 Å². The van der Waals surface area contributed by atoms with E-state index in [1.165, 1.54) is 16.0 Å². The van der Waals surface area contributed by atoms with Crippen molar-refractivity contribution in [1.82, 2.24) is 10.3 Å². The summed E-state index contributed by atoms with van der Waals surface area (Å²) in [7, 11) is 1.59. The van der Waals surface area contributed by atoms with Crippen molar-refractivity contribution in [2.75, 3.05) is 7.11 Å². The number of rotatable bonds is 3. The Morgan fingerprint density at radius 1 is 1.30 bits per heavy atom. The van der Waals surface area contributed by atoms with Crippen LogP contribution in [-0.4, -0.2) is 17.4 Å². The molecule has 0 amide bonds. The lowest BCUT2D eigenvalue weighted by Gasteiger charge is -1.98. The van der Waals surface area contributed by atoms with Gasteiger partial charge in [0.05, 0.1) is 17.4 Å². The zero-order valence-electron chi connectivity index (χ0n) is 10.9. The largest absolute Gasteiger partial charge is 0.539 e. The van der Waals surface area contributed by atoms with E-state index >= 15 is 0 Å². The third-order valence-electron chi connectivity index (χ3n) is 2.79. The van der Waals surface area contributed by atoms with Gasteiger partial charge >= 0.3 is 0 Å². The summed E-state index contributed by atoms with van der Waals surface area (Å²) in [6.45, 7) is 1.88. The molecule has 0 aliphatic rings. The molecule has 3 rings (SSSR count). The second kappa shape index (κ2) is 4.93.